The molecule has 0 N–H and O–H groups in total. The summed E-state index contributed by atoms with van der Waals surface area (Å²) in [5.74, 6) is 1.07. The first kappa shape index (κ1) is 14.4. The molecule has 0 spiro atoms. The average molecular weight is 293 g/mol. The molecular formula is C19H19NO2. The van der Waals surface area contributed by atoms with Crippen LogP contribution in [-0.2, 0) is 4.79 Å². The molecule has 1 saturated heterocycles. The minimum Gasteiger partial charge on any atom is -0.497 e. The molecule has 0 bridgehead atoms. The van der Waals surface area contributed by atoms with Gasteiger partial charge in [0.25, 0.3) is 0 Å². The molecule has 1 fully saturated rings. The largest absolute Gasteiger partial charge is 0.497 e. The Balaban J connectivity index is 1.72. The SMILES string of the molecule is COc1cccc(/C=C/c2ccc(N3CCCC3=O)cc2)c1. The van der Waals surface area contributed by atoms with Crippen molar-refractivity contribution in [1.82, 2.24) is 0 Å². The lowest BCUT2D eigenvalue weighted by molar-refractivity contribution is -0.117. The van der Waals surface area contributed by atoms with Gasteiger partial charge in [-0.15, -0.1) is 0 Å². The minimum atomic E-state index is 0.222. The van der Waals surface area contributed by atoms with Crippen LogP contribution in [-0.4, -0.2) is 19.6 Å². The fourth-order valence-corrected chi connectivity index (χ4v) is 2.62. The van der Waals surface area contributed by atoms with Crippen molar-refractivity contribution in [3.05, 3.63) is 59.7 Å². The summed E-state index contributed by atoms with van der Waals surface area (Å²) in [7, 11) is 1.67. The number of rotatable bonds is 4. The van der Waals surface area contributed by atoms with E-state index in [0.29, 0.717) is 6.42 Å². The van der Waals surface area contributed by atoms with Crippen LogP contribution in [0.2, 0.25) is 0 Å². The van der Waals surface area contributed by atoms with Crippen LogP contribution in [0.15, 0.2) is 48.5 Å². The third-order valence-electron chi connectivity index (χ3n) is 3.84. The van der Waals surface area contributed by atoms with Gasteiger partial charge in [-0.3, -0.25) is 4.79 Å². The average Bonchev–Trinajstić information content (AvgIpc) is 3.00. The molecule has 3 nitrogen and oxygen atoms in total. The summed E-state index contributed by atoms with van der Waals surface area (Å²) in [5.41, 5.74) is 3.19. The van der Waals surface area contributed by atoms with Crippen molar-refractivity contribution >= 4 is 23.7 Å². The van der Waals surface area contributed by atoms with Crippen LogP contribution < -0.4 is 9.64 Å². The van der Waals surface area contributed by atoms with Gasteiger partial charge >= 0.3 is 0 Å². The lowest BCUT2D eigenvalue weighted by Crippen LogP contribution is -2.23. The number of benzene rings is 2. The van der Waals surface area contributed by atoms with E-state index in [1.165, 1.54) is 0 Å². The monoisotopic (exact) mass is 293 g/mol. The second-order valence-corrected chi connectivity index (χ2v) is 5.35. The van der Waals surface area contributed by atoms with Crippen LogP contribution >= 0.6 is 0 Å². The maximum absolute atomic E-state index is 11.7. The molecule has 1 heterocycles. The standard InChI is InChI=1S/C19H19NO2/c1-22-18-5-2-4-16(14-18)8-7-15-9-11-17(12-10-15)20-13-3-6-19(20)21/h2,4-5,7-12,14H,3,6,13H2,1H3/b8-7+. The third-order valence-corrected chi connectivity index (χ3v) is 3.84. The van der Waals surface area contributed by atoms with E-state index in [9.17, 15) is 4.79 Å². The summed E-state index contributed by atoms with van der Waals surface area (Å²) in [6.45, 7) is 0.831. The molecule has 0 radical (unpaired) electrons. The van der Waals surface area contributed by atoms with Crippen LogP contribution in [0.5, 0.6) is 5.75 Å². The second-order valence-electron chi connectivity index (χ2n) is 5.35. The van der Waals surface area contributed by atoms with Gasteiger partial charge in [0.15, 0.2) is 0 Å². The number of anilines is 1. The number of hydrogen-bond donors (Lipinski definition) is 0. The number of amides is 1. The molecular weight excluding hydrogens is 274 g/mol. The third kappa shape index (κ3) is 3.19. The highest BCUT2D eigenvalue weighted by molar-refractivity contribution is 5.95. The van der Waals surface area contributed by atoms with Gasteiger partial charge in [0.05, 0.1) is 7.11 Å². The molecule has 1 aliphatic heterocycles. The summed E-state index contributed by atoms with van der Waals surface area (Å²) in [6.07, 6.45) is 5.73. The van der Waals surface area contributed by atoms with Gasteiger partial charge in [0, 0.05) is 18.7 Å². The summed E-state index contributed by atoms with van der Waals surface area (Å²) in [5, 5.41) is 0. The molecule has 2 aromatic rings. The zero-order valence-corrected chi connectivity index (χ0v) is 12.7. The summed E-state index contributed by atoms with van der Waals surface area (Å²) >= 11 is 0. The van der Waals surface area contributed by atoms with Gasteiger partial charge in [-0.1, -0.05) is 36.4 Å². The highest BCUT2D eigenvalue weighted by Crippen LogP contribution is 2.22. The number of ether oxygens (including phenoxy) is 1. The van der Waals surface area contributed by atoms with Gasteiger partial charge in [0.2, 0.25) is 5.91 Å². The van der Waals surface area contributed by atoms with Crippen molar-refractivity contribution in [1.29, 1.82) is 0 Å². The molecule has 1 amide bonds. The van der Waals surface area contributed by atoms with Gasteiger partial charge in [-0.25, -0.2) is 0 Å². The molecule has 112 valence electrons. The molecule has 0 saturated carbocycles. The number of hydrogen-bond acceptors (Lipinski definition) is 2. The maximum Gasteiger partial charge on any atom is 0.227 e. The van der Waals surface area contributed by atoms with Crippen LogP contribution in [0.3, 0.4) is 0 Å². The van der Waals surface area contributed by atoms with E-state index in [0.717, 1.165) is 35.5 Å². The Morgan fingerprint density at radius 1 is 1.05 bits per heavy atom. The van der Waals surface area contributed by atoms with Crippen molar-refractivity contribution in [2.75, 3.05) is 18.6 Å². The maximum atomic E-state index is 11.7. The van der Waals surface area contributed by atoms with Gasteiger partial charge < -0.3 is 9.64 Å². The number of carbonyl (C=O) groups excluding carboxylic acids is 1. The van der Waals surface area contributed by atoms with E-state index in [4.69, 9.17) is 4.74 Å². The Kier molecular flexibility index (Phi) is 4.24. The van der Waals surface area contributed by atoms with Crippen molar-refractivity contribution in [3.8, 4) is 5.75 Å². The van der Waals surface area contributed by atoms with Crippen LogP contribution in [0.1, 0.15) is 24.0 Å². The van der Waals surface area contributed by atoms with Gasteiger partial charge in [-0.2, -0.15) is 0 Å². The smallest absolute Gasteiger partial charge is 0.227 e. The van der Waals surface area contributed by atoms with Crippen LogP contribution in [0, 0.1) is 0 Å². The molecule has 0 atom stereocenters. The Labute approximate surface area is 130 Å². The van der Waals surface area contributed by atoms with E-state index < -0.39 is 0 Å². The van der Waals surface area contributed by atoms with Crippen LogP contribution in [0.25, 0.3) is 12.2 Å². The van der Waals surface area contributed by atoms with Crippen molar-refractivity contribution in [2.24, 2.45) is 0 Å². The van der Waals surface area contributed by atoms with E-state index in [1.807, 2.05) is 53.4 Å². The first-order chi connectivity index (χ1) is 10.8. The van der Waals surface area contributed by atoms with E-state index in [-0.39, 0.29) is 5.91 Å². The molecule has 0 unspecified atom stereocenters. The first-order valence-electron chi connectivity index (χ1n) is 7.49. The minimum absolute atomic E-state index is 0.222. The van der Waals surface area contributed by atoms with E-state index >= 15 is 0 Å². The number of carbonyl (C=O) groups is 1. The molecule has 3 heteroatoms. The predicted octanol–water partition coefficient (Wildman–Crippen LogP) is 3.99. The van der Waals surface area contributed by atoms with Gasteiger partial charge in [-0.05, 0) is 41.8 Å². The highest BCUT2D eigenvalue weighted by Gasteiger charge is 2.21. The zero-order valence-electron chi connectivity index (χ0n) is 12.7. The Bertz CT molecular complexity index is 689. The van der Waals surface area contributed by atoms with Crippen molar-refractivity contribution < 1.29 is 9.53 Å². The summed E-state index contributed by atoms with van der Waals surface area (Å²) < 4.78 is 5.22. The number of nitrogens with zero attached hydrogens (tertiary/aromatic N) is 1. The molecule has 3 rings (SSSR count). The van der Waals surface area contributed by atoms with Crippen molar-refractivity contribution in [2.45, 2.75) is 12.8 Å². The lowest BCUT2D eigenvalue weighted by Gasteiger charge is -2.15. The summed E-state index contributed by atoms with van der Waals surface area (Å²) in [6, 6.07) is 16.0. The fourth-order valence-electron chi connectivity index (χ4n) is 2.62. The van der Waals surface area contributed by atoms with Crippen LogP contribution in [0.4, 0.5) is 5.69 Å². The Hall–Kier alpha value is -2.55. The predicted molar refractivity (Wildman–Crippen MR) is 90.0 cm³/mol. The van der Waals surface area contributed by atoms with Gasteiger partial charge in [0.1, 0.15) is 5.75 Å². The summed E-state index contributed by atoms with van der Waals surface area (Å²) in [4.78, 5) is 13.6. The molecule has 22 heavy (non-hydrogen) atoms. The van der Waals surface area contributed by atoms with E-state index in [2.05, 4.69) is 12.2 Å². The molecule has 0 aromatic heterocycles. The number of methoxy groups -OCH3 is 1. The zero-order chi connectivity index (χ0) is 15.4. The quantitative estimate of drug-likeness (QED) is 0.798. The first-order valence-corrected chi connectivity index (χ1v) is 7.49. The van der Waals surface area contributed by atoms with Crippen molar-refractivity contribution in [3.63, 3.8) is 0 Å². The Morgan fingerprint density at radius 2 is 1.82 bits per heavy atom. The normalized spacial score (nSPS) is 14.8. The molecule has 2 aromatic carbocycles. The molecule has 1 aliphatic rings. The van der Waals surface area contributed by atoms with E-state index in [1.54, 1.807) is 7.11 Å². The molecule has 0 aliphatic carbocycles. The topological polar surface area (TPSA) is 29.5 Å². The fraction of sp³-hybridized carbons (Fsp3) is 0.211. The highest BCUT2D eigenvalue weighted by atomic mass is 16.5. The second kappa shape index (κ2) is 6.48. The Morgan fingerprint density at radius 3 is 2.50 bits per heavy atom. The lowest BCUT2D eigenvalue weighted by atomic mass is 10.1.